The summed E-state index contributed by atoms with van der Waals surface area (Å²) in [6, 6.07) is 4.22. The molecule has 2 aromatic carbocycles. The third-order valence-corrected chi connectivity index (χ3v) is 8.37. The first-order valence-corrected chi connectivity index (χ1v) is 14.6. The number of carbonyl (C=O) groups excluding carboxylic acids is 1. The van der Waals surface area contributed by atoms with Gasteiger partial charge < -0.3 is 9.80 Å². The number of benzene rings is 2. The van der Waals surface area contributed by atoms with Crippen LogP contribution in [-0.2, 0) is 27.0 Å². The fraction of sp³-hybridized carbons (Fsp3) is 0.519. The molecule has 0 spiro atoms. The molecule has 0 N–H and O–H groups in total. The van der Waals surface area contributed by atoms with Crippen LogP contribution in [0.5, 0.6) is 0 Å². The van der Waals surface area contributed by atoms with Crippen molar-refractivity contribution in [2.75, 3.05) is 38.7 Å². The van der Waals surface area contributed by atoms with Gasteiger partial charge in [-0.25, -0.2) is 12.8 Å². The highest BCUT2D eigenvalue weighted by atomic mass is 32.2. The molecule has 1 amide bonds. The number of hydrogen-bond acceptors (Lipinski definition) is 4. The van der Waals surface area contributed by atoms with E-state index in [-0.39, 0.29) is 36.9 Å². The normalized spacial score (nSPS) is 19.9. The van der Waals surface area contributed by atoms with E-state index in [0.717, 1.165) is 11.2 Å². The van der Waals surface area contributed by atoms with Gasteiger partial charge in [-0.15, -0.1) is 0 Å². The SMILES string of the molecule is Cc1cc(F)ccc1C1CN(CCS(C)(=O)=O)CCC1C(=O)N(C)[C@@H](C)c1cc(C(F)(F)F)cc(C(F)(F)F)c1. The summed E-state index contributed by atoms with van der Waals surface area (Å²) in [5.41, 5.74) is -2.04. The number of rotatable bonds is 7. The molecular formula is C27H31F7N2O3S. The number of carbonyl (C=O) groups is 1. The fourth-order valence-corrected chi connectivity index (χ4v) is 5.67. The Kier molecular flexibility index (Phi) is 9.29. The van der Waals surface area contributed by atoms with Gasteiger partial charge in [-0.05, 0) is 73.8 Å². The van der Waals surface area contributed by atoms with Crippen molar-refractivity contribution in [1.82, 2.24) is 9.80 Å². The molecule has 0 saturated carbocycles. The van der Waals surface area contributed by atoms with E-state index in [0.29, 0.717) is 29.8 Å². The molecule has 0 radical (unpaired) electrons. The predicted octanol–water partition coefficient (Wildman–Crippen LogP) is 5.84. The Balaban J connectivity index is 1.95. The van der Waals surface area contributed by atoms with Crippen molar-refractivity contribution in [3.8, 4) is 0 Å². The lowest BCUT2D eigenvalue weighted by Crippen LogP contribution is -2.47. The number of halogens is 7. The van der Waals surface area contributed by atoms with E-state index >= 15 is 0 Å². The van der Waals surface area contributed by atoms with E-state index in [9.17, 15) is 43.9 Å². The van der Waals surface area contributed by atoms with E-state index in [1.54, 1.807) is 13.0 Å². The molecule has 2 aromatic rings. The molecule has 0 aliphatic carbocycles. The van der Waals surface area contributed by atoms with Crippen molar-refractivity contribution in [3.05, 3.63) is 70.0 Å². The van der Waals surface area contributed by atoms with Crippen molar-refractivity contribution in [3.63, 3.8) is 0 Å². The molecule has 40 heavy (non-hydrogen) atoms. The van der Waals surface area contributed by atoms with Crippen LogP contribution >= 0.6 is 0 Å². The molecule has 1 aliphatic heterocycles. The second-order valence-electron chi connectivity index (χ2n) is 10.4. The van der Waals surface area contributed by atoms with Gasteiger partial charge in [0, 0.05) is 38.2 Å². The minimum Gasteiger partial charge on any atom is -0.339 e. The number of hydrogen-bond donors (Lipinski definition) is 0. The molecule has 2 unspecified atom stereocenters. The summed E-state index contributed by atoms with van der Waals surface area (Å²) >= 11 is 0. The first-order valence-electron chi connectivity index (χ1n) is 12.5. The van der Waals surface area contributed by atoms with E-state index in [1.807, 2.05) is 4.90 Å². The molecule has 222 valence electrons. The van der Waals surface area contributed by atoms with Crippen LogP contribution in [0, 0.1) is 18.7 Å². The van der Waals surface area contributed by atoms with Crippen LogP contribution in [-0.4, -0.2) is 62.8 Å². The van der Waals surface area contributed by atoms with Crippen LogP contribution in [0.4, 0.5) is 30.7 Å². The second kappa shape index (κ2) is 11.7. The van der Waals surface area contributed by atoms with Crippen LogP contribution in [0.2, 0.25) is 0 Å². The number of piperidine rings is 1. The van der Waals surface area contributed by atoms with Gasteiger partial charge in [0.15, 0.2) is 0 Å². The van der Waals surface area contributed by atoms with Gasteiger partial charge in [-0.2, -0.15) is 26.3 Å². The Morgan fingerprint density at radius 3 is 2.12 bits per heavy atom. The molecule has 1 saturated heterocycles. The molecule has 1 aliphatic rings. The van der Waals surface area contributed by atoms with E-state index in [4.69, 9.17) is 0 Å². The van der Waals surface area contributed by atoms with E-state index in [1.165, 1.54) is 26.1 Å². The van der Waals surface area contributed by atoms with Gasteiger partial charge in [-0.1, -0.05) is 6.07 Å². The van der Waals surface area contributed by atoms with Crippen molar-refractivity contribution in [2.45, 2.75) is 44.6 Å². The molecule has 0 bridgehead atoms. The summed E-state index contributed by atoms with van der Waals surface area (Å²) in [5, 5.41) is 0. The zero-order chi connectivity index (χ0) is 30.2. The minimum absolute atomic E-state index is 0.0393. The van der Waals surface area contributed by atoms with Crippen molar-refractivity contribution in [1.29, 1.82) is 0 Å². The van der Waals surface area contributed by atoms with Crippen molar-refractivity contribution >= 4 is 15.7 Å². The Labute approximate surface area is 228 Å². The quantitative estimate of drug-likeness (QED) is 0.377. The first-order chi connectivity index (χ1) is 18.3. The summed E-state index contributed by atoms with van der Waals surface area (Å²) in [5.74, 6) is -2.31. The number of sulfone groups is 1. The third-order valence-electron chi connectivity index (χ3n) is 7.44. The number of alkyl halides is 6. The lowest BCUT2D eigenvalue weighted by molar-refractivity contribution is -0.143. The van der Waals surface area contributed by atoms with E-state index < -0.39 is 62.9 Å². The topological polar surface area (TPSA) is 57.7 Å². The predicted molar refractivity (Wildman–Crippen MR) is 136 cm³/mol. The molecule has 1 heterocycles. The van der Waals surface area contributed by atoms with Gasteiger partial charge in [-0.3, -0.25) is 4.79 Å². The van der Waals surface area contributed by atoms with Gasteiger partial charge in [0.1, 0.15) is 15.7 Å². The van der Waals surface area contributed by atoms with Gasteiger partial charge in [0.25, 0.3) is 0 Å². The molecule has 3 rings (SSSR count). The van der Waals surface area contributed by atoms with Crippen LogP contribution in [0.3, 0.4) is 0 Å². The second-order valence-corrected chi connectivity index (χ2v) is 12.7. The third kappa shape index (κ3) is 7.74. The molecule has 5 nitrogen and oxygen atoms in total. The monoisotopic (exact) mass is 596 g/mol. The Hall–Kier alpha value is -2.67. The molecule has 3 atom stereocenters. The lowest BCUT2D eigenvalue weighted by atomic mass is 9.78. The molecular weight excluding hydrogens is 565 g/mol. The van der Waals surface area contributed by atoms with Gasteiger partial charge in [0.2, 0.25) is 5.91 Å². The summed E-state index contributed by atoms with van der Waals surface area (Å²) in [6.45, 7) is 3.86. The molecule has 0 aromatic heterocycles. The minimum atomic E-state index is -5.03. The standard InChI is InChI=1S/C27H31F7N2O3S/c1-16-11-21(28)5-6-22(16)24-15-36(9-10-40(4,38)39)8-7-23(24)25(37)35(3)17(2)18-12-19(26(29,30)31)14-20(13-18)27(32,33)34/h5-6,11-14,17,23-24H,7-10,15H2,1-4H3/t17-,23?,24?/m0/s1. The van der Waals surface area contributed by atoms with E-state index in [2.05, 4.69) is 0 Å². The van der Waals surface area contributed by atoms with Gasteiger partial charge in [0.05, 0.1) is 22.9 Å². The Bertz CT molecular complexity index is 1310. The first kappa shape index (κ1) is 31.9. The fourth-order valence-electron chi connectivity index (χ4n) is 5.08. The lowest BCUT2D eigenvalue weighted by Gasteiger charge is -2.41. The largest absolute Gasteiger partial charge is 0.416 e. The maximum Gasteiger partial charge on any atom is 0.416 e. The average Bonchev–Trinajstić information content (AvgIpc) is 2.84. The zero-order valence-corrected chi connectivity index (χ0v) is 23.2. The van der Waals surface area contributed by atoms with Crippen molar-refractivity contribution < 1.29 is 43.9 Å². The van der Waals surface area contributed by atoms with Crippen LogP contribution in [0.25, 0.3) is 0 Å². The summed E-state index contributed by atoms with van der Waals surface area (Å²) in [6.07, 6.45) is -8.68. The Morgan fingerprint density at radius 2 is 1.62 bits per heavy atom. The van der Waals surface area contributed by atoms with Crippen LogP contribution in [0.15, 0.2) is 36.4 Å². The summed E-state index contributed by atoms with van der Waals surface area (Å²) in [4.78, 5) is 16.8. The van der Waals surface area contributed by atoms with Crippen LogP contribution in [0.1, 0.15) is 53.1 Å². The zero-order valence-electron chi connectivity index (χ0n) is 22.4. The van der Waals surface area contributed by atoms with Gasteiger partial charge >= 0.3 is 12.4 Å². The maximum atomic E-state index is 13.8. The number of amides is 1. The summed E-state index contributed by atoms with van der Waals surface area (Å²) < 4.78 is 118. The number of aryl methyl sites for hydroxylation is 1. The smallest absolute Gasteiger partial charge is 0.339 e. The summed E-state index contributed by atoms with van der Waals surface area (Å²) in [7, 11) is -1.93. The Morgan fingerprint density at radius 1 is 1.05 bits per heavy atom. The molecule has 13 heteroatoms. The number of likely N-dealkylation sites (tertiary alicyclic amines) is 1. The average molecular weight is 597 g/mol. The maximum absolute atomic E-state index is 13.8. The molecule has 1 fully saturated rings. The highest BCUT2D eigenvalue weighted by Crippen LogP contribution is 2.40. The van der Waals surface area contributed by atoms with Crippen LogP contribution < -0.4 is 0 Å². The van der Waals surface area contributed by atoms with Crippen molar-refractivity contribution in [2.24, 2.45) is 5.92 Å². The highest BCUT2D eigenvalue weighted by molar-refractivity contribution is 7.90. The highest BCUT2D eigenvalue weighted by Gasteiger charge is 2.40. The number of nitrogens with zero attached hydrogens (tertiary/aromatic N) is 2.